The quantitative estimate of drug-likeness (QED) is 0.546. The van der Waals surface area contributed by atoms with Gasteiger partial charge < -0.3 is 15.0 Å². The Labute approximate surface area is 183 Å². The van der Waals surface area contributed by atoms with Gasteiger partial charge in [0.15, 0.2) is 5.82 Å². The van der Waals surface area contributed by atoms with Gasteiger partial charge >= 0.3 is 5.97 Å². The van der Waals surface area contributed by atoms with Crippen LogP contribution in [0.15, 0.2) is 30.3 Å². The summed E-state index contributed by atoms with van der Waals surface area (Å²) in [6, 6.07) is 10.1. The Balaban J connectivity index is 1.46. The van der Waals surface area contributed by atoms with E-state index in [1.165, 1.54) is 12.7 Å². The summed E-state index contributed by atoms with van der Waals surface area (Å²) in [5, 5.41) is 2.99. The average Bonchev–Trinajstić information content (AvgIpc) is 3.30. The lowest BCUT2D eigenvalue weighted by atomic mass is 9.96. The van der Waals surface area contributed by atoms with Crippen molar-refractivity contribution in [3.05, 3.63) is 41.6 Å². The number of ether oxygens (including phenoxy) is 1. The molecule has 1 aliphatic carbocycles. The molecule has 1 saturated heterocycles. The molecular weight excluding hydrogens is 392 g/mol. The predicted molar refractivity (Wildman–Crippen MR) is 119 cm³/mol. The minimum atomic E-state index is -0.245. The number of hydrogen-bond donors (Lipinski definition) is 1. The molecule has 2 aliphatic rings. The van der Waals surface area contributed by atoms with Crippen molar-refractivity contribution >= 4 is 17.7 Å². The number of rotatable bonds is 7. The molecule has 31 heavy (non-hydrogen) atoms. The lowest BCUT2D eigenvalue weighted by Crippen LogP contribution is -2.44. The van der Waals surface area contributed by atoms with E-state index in [4.69, 9.17) is 9.97 Å². The van der Waals surface area contributed by atoms with E-state index in [9.17, 15) is 9.59 Å². The second kappa shape index (κ2) is 9.90. The molecule has 1 aromatic heterocycles. The first-order chi connectivity index (χ1) is 15.2. The Morgan fingerprint density at radius 3 is 2.81 bits per heavy atom. The summed E-state index contributed by atoms with van der Waals surface area (Å²) >= 11 is 0. The van der Waals surface area contributed by atoms with E-state index in [-0.39, 0.29) is 17.8 Å². The number of methoxy groups -OCH3 is 1. The Morgan fingerprint density at radius 2 is 2.00 bits per heavy atom. The maximum absolute atomic E-state index is 12.7. The number of aromatic nitrogens is 2. The van der Waals surface area contributed by atoms with E-state index >= 15 is 0 Å². The van der Waals surface area contributed by atoms with Crippen LogP contribution in [0.4, 0.5) is 5.82 Å². The number of nitrogens with one attached hydrogen (secondary N) is 1. The van der Waals surface area contributed by atoms with Gasteiger partial charge in [0, 0.05) is 42.9 Å². The largest absolute Gasteiger partial charge is 0.469 e. The highest BCUT2D eigenvalue weighted by atomic mass is 16.5. The third kappa shape index (κ3) is 5.03. The van der Waals surface area contributed by atoms with Crippen LogP contribution in [0.25, 0.3) is 11.4 Å². The lowest BCUT2D eigenvalue weighted by molar-refractivity contribution is -0.140. The zero-order valence-corrected chi connectivity index (χ0v) is 18.1. The smallest absolute Gasteiger partial charge is 0.305 e. The third-order valence-corrected chi connectivity index (χ3v) is 6.12. The standard InChI is InChI=1S/C24H30N4O3/c1-31-21(29)13-6-14-25-24(30)18-10-7-15-28(16-18)23-19-11-5-12-20(19)26-22(27-23)17-8-3-2-4-9-17/h2-4,8-9,18H,5-7,10-16H2,1H3,(H,25,30). The number of hydrogen-bond acceptors (Lipinski definition) is 6. The van der Waals surface area contributed by atoms with Gasteiger partial charge in [-0.15, -0.1) is 0 Å². The number of benzene rings is 1. The van der Waals surface area contributed by atoms with Crippen LogP contribution in [0.3, 0.4) is 0 Å². The van der Waals surface area contributed by atoms with Gasteiger partial charge in [-0.3, -0.25) is 9.59 Å². The molecule has 0 spiro atoms. The van der Waals surface area contributed by atoms with Gasteiger partial charge in [0.05, 0.1) is 13.0 Å². The van der Waals surface area contributed by atoms with Crippen LogP contribution in [-0.2, 0) is 27.2 Å². The van der Waals surface area contributed by atoms with Crippen LogP contribution < -0.4 is 10.2 Å². The highest BCUT2D eigenvalue weighted by molar-refractivity contribution is 5.79. The number of amides is 1. The van der Waals surface area contributed by atoms with Gasteiger partial charge in [-0.25, -0.2) is 9.97 Å². The number of fused-ring (bicyclic) bond motifs is 1. The zero-order chi connectivity index (χ0) is 21.6. The number of nitrogens with zero attached hydrogens (tertiary/aromatic N) is 3. The minimum Gasteiger partial charge on any atom is -0.469 e. The van der Waals surface area contributed by atoms with Crippen molar-refractivity contribution in [3.8, 4) is 11.4 Å². The molecule has 2 heterocycles. The Bertz CT molecular complexity index is 932. The van der Waals surface area contributed by atoms with Crippen molar-refractivity contribution in [1.29, 1.82) is 0 Å². The molecule has 1 unspecified atom stereocenters. The summed E-state index contributed by atoms with van der Waals surface area (Å²) in [4.78, 5) is 36.0. The SMILES string of the molecule is COC(=O)CCCNC(=O)C1CCCN(c2nc(-c3ccccc3)nc3c2CCC3)C1. The van der Waals surface area contributed by atoms with E-state index in [2.05, 4.69) is 15.0 Å². The normalized spacial score (nSPS) is 17.8. The van der Waals surface area contributed by atoms with Crippen LogP contribution in [0.1, 0.15) is 43.4 Å². The second-order valence-corrected chi connectivity index (χ2v) is 8.27. The van der Waals surface area contributed by atoms with E-state index < -0.39 is 0 Å². The molecular formula is C24H30N4O3. The summed E-state index contributed by atoms with van der Waals surface area (Å²) in [5.74, 6) is 1.52. The molecule has 1 fully saturated rings. The van der Waals surface area contributed by atoms with Crippen LogP contribution in [0.2, 0.25) is 0 Å². The monoisotopic (exact) mass is 422 g/mol. The van der Waals surface area contributed by atoms with Gasteiger partial charge in [0.25, 0.3) is 0 Å². The molecule has 1 atom stereocenters. The van der Waals surface area contributed by atoms with Crippen molar-refractivity contribution in [2.24, 2.45) is 5.92 Å². The fourth-order valence-electron chi connectivity index (χ4n) is 4.46. The number of carbonyl (C=O) groups excluding carboxylic acids is 2. The first-order valence-electron chi connectivity index (χ1n) is 11.2. The van der Waals surface area contributed by atoms with Gasteiger partial charge in [0.1, 0.15) is 5.82 Å². The van der Waals surface area contributed by atoms with E-state index in [1.54, 1.807) is 0 Å². The van der Waals surface area contributed by atoms with Crippen molar-refractivity contribution in [2.45, 2.75) is 44.9 Å². The molecule has 2 aromatic rings. The molecule has 1 amide bonds. The zero-order valence-electron chi connectivity index (χ0n) is 18.1. The van der Waals surface area contributed by atoms with E-state index in [0.717, 1.165) is 61.5 Å². The van der Waals surface area contributed by atoms with E-state index in [1.807, 2.05) is 30.3 Å². The average molecular weight is 423 g/mol. The highest BCUT2D eigenvalue weighted by Gasteiger charge is 2.30. The number of carbonyl (C=O) groups is 2. The topological polar surface area (TPSA) is 84.4 Å². The maximum atomic E-state index is 12.7. The Kier molecular flexibility index (Phi) is 6.79. The predicted octanol–water partition coefficient (Wildman–Crippen LogP) is 2.92. The highest BCUT2D eigenvalue weighted by Crippen LogP contribution is 2.33. The summed E-state index contributed by atoms with van der Waals surface area (Å²) in [7, 11) is 1.38. The Morgan fingerprint density at radius 1 is 1.16 bits per heavy atom. The lowest BCUT2D eigenvalue weighted by Gasteiger charge is -2.34. The van der Waals surface area contributed by atoms with Gasteiger partial charge in [0.2, 0.25) is 5.91 Å². The molecule has 0 bridgehead atoms. The molecule has 0 saturated carbocycles. The molecule has 0 radical (unpaired) electrons. The molecule has 4 rings (SSSR count). The minimum absolute atomic E-state index is 0.0588. The maximum Gasteiger partial charge on any atom is 0.305 e. The number of anilines is 1. The summed E-state index contributed by atoms with van der Waals surface area (Å²) in [6.07, 6.45) is 5.84. The Hall–Kier alpha value is -2.96. The molecule has 164 valence electrons. The molecule has 1 aliphatic heterocycles. The molecule has 1 aromatic carbocycles. The van der Waals surface area contributed by atoms with E-state index in [0.29, 0.717) is 25.9 Å². The first kappa shape index (κ1) is 21.3. The number of aryl methyl sites for hydroxylation is 1. The van der Waals surface area contributed by atoms with Crippen LogP contribution >= 0.6 is 0 Å². The summed E-state index contributed by atoms with van der Waals surface area (Å²) < 4.78 is 4.64. The van der Waals surface area contributed by atoms with Gasteiger partial charge in [-0.05, 0) is 38.5 Å². The van der Waals surface area contributed by atoms with Crippen LogP contribution in [0, 0.1) is 5.92 Å². The fraction of sp³-hybridized carbons (Fsp3) is 0.500. The fourth-order valence-corrected chi connectivity index (χ4v) is 4.46. The second-order valence-electron chi connectivity index (χ2n) is 8.27. The number of esters is 1. The van der Waals surface area contributed by atoms with Crippen LogP contribution in [-0.4, -0.2) is 48.6 Å². The molecule has 7 heteroatoms. The van der Waals surface area contributed by atoms with Crippen molar-refractivity contribution in [3.63, 3.8) is 0 Å². The first-order valence-corrected chi connectivity index (χ1v) is 11.2. The van der Waals surface area contributed by atoms with Crippen molar-refractivity contribution < 1.29 is 14.3 Å². The molecule has 7 nitrogen and oxygen atoms in total. The number of piperidine rings is 1. The van der Waals surface area contributed by atoms with Gasteiger partial charge in [-0.1, -0.05) is 30.3 Å². The van der Waals surface area contributed by atoms with Crippen molar-refractivity contribution in [1.82, 2.24) is 15.3 Å². The third-order valence-electron chi connectivity index (χ3n) is 6.12. The van der Waals surface area contributed by atoms with Crippen LogP contribution in [0.5, 0.6) is 0 Å². The summed E-state index contributed by atoms with van der Waals surface area (Å²) in [6.45, 7) is 2.07. The van der Waals surface area contributed by atoms with Crippen molar-refractivity contribution in [2.75, 3.05) is 31.6 Å². The molecule has 1 N–H and O–H groups in total. The van der Waals surface area contributed by atoms with Gasteiger partial charge in [-0.2, -0.15) is 0 Å². The summed E-state index contributed by atoms with van der Waals surface area (Å²) in [5.41, 5.74) is 3.42.